The predicted octanol–water partition coefficient (Wildman–Crippen LogP) is 1.25. The minimum Gasteiger partial charge on any atom is -0.481 e. The molecule has 0 spiro atoms. The standard InChI is InChI=1S/C15H18N4O3/c1-21-13-6-10(2-4-16-13)7-17-15(20)12-8-18-19-14(12)11-3-5-22-9-11/h2,4,6,8,11H,3,5,7,9H2,1H3,(H,17,20)(H,18,19)/t11-/m0/s1. The molecule has 0 radical (unpaired) electrons. The maximum absolute atomic E-state index is 12.4. The Labute approximate surface area is 128 Å². The Bertz CT molecular complexity index is 650. The first-order valence-electron chi connectivity index (χ1n) is 7.16. The molecule has 1 aliphatic heterocycles. The highest BCUT2D eigenvalue weighted by Gasteiger charge is 2.25. The van der Waals surface area contributed by atoms with Crippen LogP contribution in [0.3, 0.4) is 0 Å². The molecule has 0 unspecified atom stereocenters. The largest absolute Gasteiger partial charge is 0.481 e. The SMILES string of the molecule is COc1cc(CNC(=O)c2cn[nH]c2[C@H]2CCOC2)ccn1. The number of aromatic nitrogens is 3. The van der Waals surface area contributed by atoms with Crippen LogP contribution in [-0.2, 0) is 11.3 Å². The number of carbonyl (C=O) groups is 1. The molecule has 1 atom stereocenters. The summed E-state index contributed by atoms with van der Waals surface area (Å²) in [4.78, 5) is 16.4. The average Bonchev–Trinajstić information content (AvgIpc) is 3.23. The normalized spacial score (nSPS) is 17.4. The zero-order chi connectivity index (χ0) is 15.4. The van der Waals surface area contributed by atoms with E-state index < -0.39 is 0 Å². The molecule has 22 heavy (non-hydrogen) atoms. The Morgan fingerprint density at radius 1 is 1.59 bits per heavy atom. The minimum atomic E-state index is -0.147. The van der Waals surface area contributed by atoms with Crippen LogP contribution < -0.4 is 10.1 Å². The summed E-state index contributed by atoms with van der Waals surface area (Å²) in [6.45, 7) is 1.76. The number of hydrogen-bond acceptors (Lipinski definition) is 5. The van der Waals surface area contributed by atoms with Crippen molar-refractivity contribution in [3.63, 3.8) is 0 Å². The molecule has 0 aromatic carbocycles. The van der Waals surface area contributed by atoms with E-state index >= 15 is 0 Å². The Hall–Kier alpha value is -2.41. The molecular formula is C15H18N4O3. The average molecular weight is 302 g/mol. The van der Waals surface area contributed by atoms with Gasteiger partial charge in [0.2, 0.25) is 5.88 Å². The second kappa shape index (κ2) is 6.57. The molecule has 3 heterocycles. The van der Waals surface area contributed by atoms with Gasteiger partial charge in [0.1, 0.15) is 0 Å². The van der Waals surface area contributed by atoms with E-state index in [1.807, 2.05) is 6.07 Å². The van der Waals surface area contributed by atoms with Crippen molar-refractivity contribution in [3.05, 3.63) is 41.3 Å². The number of pyridine rings is 1. The van der Waals surface area contributed by atoms with Gasteiger partial charge in [-0.1, -0.05) is 0 Å². The van der Waals surface area contributed by atoms with Crippen LogP contribution in [0.4, 0.5) is 0 Å². The Morgan fingerprint density at radius 3 is 3.27 bits per heavy atom. The lowest BCUT2D eigenvalue weighted by Gasteiger charge is -2.09. The second-order valence-electron chi connectivity index (χ2n) is 5.15. The van der Waals surface area contributed by atoms with Crippen molar-refractivity contribution < 1.29 is 14.3 Å². The molecule has 3 rings (SSSR count). The molecule has 116 valence electrons. The van der Waals surface area contributed by atoms with Crippen molar-refractivity contribution in [1.82, 2.24) is 20.5 Å². The number of amides is 1. The maximum Gasteiger partial charge on any atom is 0.255 e. The minimum absolute atomic E-state index is 0.147. The van der Waals surface area contributed by atoms with Crippen molar-refractivity contribution >= 4 is 5.91 Å². The third kappa shape index (κ3) is 3.09. The topological polar surface area (TPSA) is 89.1 Å². The number of ether oxygens (including phenoxy) is 2. The van der Waals surface area contributed by atoms with E-state index in [-0.39, 0.29) is 11.8 Å². The van der Waals surface area contributed by atoms with E-state index in [9.17, 15) is 4.79 Å². The molecule has 7 heteroatoms. The van der Waals surface area contributed by atoms with E-state index in [4.69, 9.17) is 9.47 Å². The number of hydrogen-bond donors (Lipinski definition) is 2. The maximum atomic E-state index is 12.4. The van der Waals surface area contributed by atoms with Gasteiger partial charge in [-0.05, 0) is 18.1 Å². The van der Waals surface area contributed by atoms with Crippen LogP contribution >= 0.6 is 0 Å². The number of H-pyrrole nitrogens is 1. The summed E-state index contributed by atoms with van der Waals surface area (Å²) >= 11 is 0. The van der Waals surface area contributed by atoms with Crippen LogP contribution in [0, 0.1) is 0 Å². The zero-order valence-corrected chi connectivity index (χ0v) is 12.3. The fraction of sp³-hybridized carbons (Fsp3) is 0.400. The second-order valence-corrected chi connectivity index (χ2v) is 5.15. The molecule has 2 N–H and O–H groups in total. The first kappa shape index (κ1) is 14.5. The summed E-state index contributed by atoms with van der Waals surface area (Å²) in [5, 5.41) is 9.82. The van der Waals surface area contributed by atoms with Gasteiger partial charge in [0.05, 0.1) is 31.2 Å². The molecule has 1 aliphatic rings. The fourth-order valence-corrected chi connectivity index (χ4v) is 2.50. The molecule has 7 nitrogen and oxygen atoms in total. The smallest absolute Gasteiger partial charge is 0.255 e. The number of aromatic amines is 1. The van der Waals surface area contributed by atoms with Crippen LogP contribution in [0.5, 0.6) is 5.88 Å². The third-order valence-corrected chi connectivity index (χ3v) is 3.71. The van der Waals surface area contributed by atoms with E-state index in [2.05, 4.69) is 20.5 Å². The van der Waals surface area contributed by atoms with Gasteiger partial charge < -0.3 is 14.8 Å². The highest BCUT2D eigenvalue weighted by molar-refractivity contribution is 5.95. The van der Waals surface area contributed by atoms with E-state index in [1.165, 1.54) is 0 Å². The van der Waals surface area contributed by atoms with Gasteiger partial charge in [0, 0.05) is 31.3 Å². The van der Waals surface area contributed by atoms with Crippen molar-refractivity contribution in [2.45, 2.75) is 18.9 Å². The predicted molar refractivity (Wildman–Crippen MR) is 78.7 cm³/mol. The molecular weight excluding hydrogens is 284 g/mol. The quantitative estimate of drug-likeness (QED) is 0.867. The third-order valence-electron chi connectivity index (χ3n) is 3.71. The summed E-state index contributed by atoms with van der Waals surface area (Å²) in [5.74, 6) is 0.592. The number of carbonyl (C=O) groups excluding carboxylic acids is 1. The fourth-order valence-electron chi connectivity index (χ4n) is 2.50. The van der Waals surface area contributed by atoms with Crippen LogP contribution in [0.1, 0.15) is 34.0 Å². The summed E-state index contributed by atoms with van der Waals surface area (Å²) in [5.41, 5.74) is 2.35. The monoisotopic (exact) mass is 302 g/mol. The van der Waals surface area contributed by atoms with Crippen LogP contribution in [0.15, 0.2) is 24.5 Å². The number of methoxy groups -OCH3 is 1. The number of rotatable bonds is 5. The Morgan fingerprint density at radius 2 is 2.50 bits per heavy atom. The first-order chi connectivity index (χ1) is 10.8. The van der Waals surface area contributed by atoms with Gasteiger partial charge in [-0.3, -0.25) is 9.89 Å². The van der Waals surface area contributed by atoms with Crippen molar-refractivity contribution in [2.75, 3.05) is 20.3 Å². The molecule has 1 fully saturated rings. The number of nitrogens with zero attached hydrogens (tertiary/aromatic N) is 2. The molecule has 1 amide bonds. The zero-order valence-electron chi connectivity index (χ0n) is 12.3. The molecule has 2 aromatic rings. The van der Waals surface area contributed by atoms with Crippen LogP contribution in [-0.4, -0.2) is 41.4 Å². The molecule has 0 bridgehead atoms. The van der Waals surface area contributed by atoms with Crippen molar-refractivity contribution in [1.29, 1.82) is 0 Å². The Balaban J connectivity index is 1.66. The van der Waals surface area contributed by atoms with Gasteiger partial charge in [0.15, 0.2) is 0 Å². The van der Waals surface area contributed by atoms with Gasteiger partial charge in [-0.25, -0.2) is 4.98 Å². The lowest BCUT2D eigenvalue weighted by Crippen LogP contribution is -2.24. The number of nitrogens with one attached hydrogen (secondary N) is 2. The van der Waals surface area contributed by atoms with Gasteiger partial charge in [0.25, 0.3) is 5.91 Å². The van der Waals surface area contributed by atoms with Crippen LogP contribution in [0.2, 0.25) is 0 Å². The molecule has 0 aliphatic carbocycles. The molecule has 0 saturated carbocycles. The summed E-state index contributed by atoms with van der Waals surface area (Å²) in [7, 11) is 1.56. The van der Waals surface area contributed by atoms with E-state index in [1.54, 1.807) is 25.6 Å². The van der Waals surface area contributed by atoms with Crippen LogP contribution in [0.25, 0.3) is 0 Å². The van der Waals surface area contributed by atoms with Crippen molar-refractivity contribution in [2.24, 2.45) is 0 Å². The van der Waals surface area contributed by atoms with Gasteiger partial charge in [-0.15, -0.1) is 0 Å². The van der Waals surface area contributed by atoms with E-state index in [0.29, 0.717) is 24.6 Å². The van der Waals surface area contributed by atoms with Crippen molar-refractivity contribution in [3.8, 4) is 5.88 Å². The summed E-state index contributed by atoms with van der Waals surface area (Å²) in [6.07, 6.45) is 4.12. The Kier molecular flexibility index (Phi) is 4.34. The lowest BCUT2D eigenvalue weighted by atomic mass is 10.0. The highest BCUT2D eigenvalue weighted by atomic mass is 16.5. The van der Waals surface area contributed by atoms with E-state index in [0.717, 1.165) is 24.3 Å². The lowest BCUT2D eigenvalue weighted by molar-refractivity contribution is 0.0949. The highest BCUT2D eigenvalue weighted by Crippen LogP contribution is 2.26. The molecule has 1 saturated heterocycles. The molecule has 2 aromatic heterocycles. The van der Waals surface area contributed by atoms with Gasteiger partial charge in [-0.2, -0.15) is 5.10 Å². The first-order valence-corrected chi connectivity index (χ1v) is 7.16. The summed E-state index contributed by atoms with van der Waals surface area (Å²) in [6, 6.07) is 3.63. The van der Waals surface area contributed by atoms with Gasteiger partial charge >= 0.3 is 0 Å². The summed E-state index contributed by atoms with van der Waals surface area (Å²) < 4.78 is 10.4.